The monoisotopic (exact) mass is 227 g/mol. The van der Waals surface area contributed by atoms with Crippen molar-refractivity contribution in [3.8, 4) is 11.8 Å². The molecular weight excluding hydrogens is 221 g/mol. The Labute approximate surface area is 91.2 Å². The Bertz CT molecular complexity index is 437. The predicted molar refractivity (Wildman–Crippen MR) is 52.7 cm³/mol. The van der Waals surface area contributed by atoms with E-state index in [-0.39, 0.29) is 17.1 Å². The van der Waals surface area contributed by atoms with Crippen molar-refractivity contribution in [2.45, 2.75) is 6.42 Å². The van der Waals surface area contributed by atoms with E-state index in [1.807, 2.05) is 0 Å². The van der Waals surface area contributed by atoms with Crippen molar-refractivity contribution >= 4 is 17.6 Å². The third kappa shape index (κ3) is 3.56. The van der Waals surface area contributed by atoms with Crippen molar-refractivity contribution in [2.75, 3.05) is 7.11 Å². The standard InChI is InChI=1S/C10H7ClFNO2/c1-15-10(14)4-2-3-7-5-9(11)13-6-8(7)12/h5-6H,4H2,1H3. The molecule has 0 atom stereocenters. The first-order chi connectivity index (χ1) is 7.13. The first kappa shape index (κ1) is 11.5. The molecule has 5 heteroatoms. The molecule has 0 saturated carbocycles. The van der Waals surface area contributed by atoms with Crippen molar-refractivity contribution in [1.29, 1.82) is 0 Å². The highest BCUT2D eigenvalue weighted by molar-refractivity contribution is 6.29. The summed E-state index contributed by atoms with van der Waals surface area (Å²) in [5, 5.41) is 0.152. The zero-order valence-electron chi connectivity index (χ0n) is 7.88. The average Bonchev–Trinajstić information content (AvgIpc) is 2.23. The lowest BCUT2D eigenvalue weighted by atomic mass is 10.2. The van der Waals surface area contributed by atoms with Crippen LogP contribution in [0.2, 0.25) is 5.15 Å². The van der Waals surface area contributed by atoms with Crippen LogP contribution in [0, 0.1) is 17.7 Å². The summed E-state index contributed by atoms with van der Waals surface area (Å²) in [7, 11) is 1.26. The van der Waals surface area contributed by atoms with E-state index in [0.29, 0.717) is 0 Å². The third-order valence-corrected chi connectivity index (χ3v) is 1.71. The highest BCUT2D eigenvalue weighted by Gasteiger charge is 2.00. The maximum absolute atomic E-state index is 13.0. The number of rotatable bonds is 1. The number of carbonyl (C=O) groups excluding carboxylic acids is 1. The minimum Gasteiger partial charge on any atom is -0.468 e. The smallest absolute Gasteiger partial charge is 0.317 e. The predicted octanol–water partition coefficient (Wildman–Crippen LogP) is 1.79. The molecule has 15 heavy (non-hydrogen) atoms. The number of methoxy groups -OCH3 is 1. The minimum absolute atomic E-state index is 0.0874. The highest BCUT2D eigenvalue weighted by atomic mass is 35.5. The molecule has 1 heterocycles. The topological polar surface area (TPSA) is 39.2 Å². The summed E-state index contributed by atoms with van der Waals surface area (Å²) in [6.45, 7) is 0. The Morgan fingerprint density at radius 2 is 2.47 bits per heavy atom. The second-order valence-corrected chi connectivity index (χ2v) is 2.93. The van der Waals surface area contributed by atoms with Gasteiger partial charge in [-0.25, -0.2) is 9.37 Å². The summed E-state index contributed by atoms with van der Waals surface area (Å²) in [6, 6.07) is 1.29. The number of halogens is 2. The van der Waals surface area contributed by atoms with Crippen molar-refractivity contribution in [3.63, 3.8) is 0 Å². The maximum atomic E-state index is 13.0. The van der Waals surface area contributed by atoms with Crippen LogP contribution in [0.1, 0.15) is 12.0 Å². The molecule has 0 N–H and O–H groups in total. The molecule has 0 aliphatic heterocycles. The van der Waals surface area contributed by atoms with Gasteiger partial charge in [0.15, 0.2) is 5.82 Å². The molecule has 0 unspecified atom stereocenters. The SMILES string of the molecule is COC(=O)CC#Cc1cc(Cl)ncc1F. The van der Waals surface area contributed by atoms with Gasteiger partial charge >= 0.3 is 5.97 Å². The fourth-order valence-electron chi connectivity index (χ4n) is 0.793. The number of aromatic nitrogens is 1. The van der Waals surface area contributed by atoms with Crippen molar-refractivity contribution in [2.24, 2.45) is 0 Å². The van der Waals surface area contributed by atoms with E-state index in [0.717, 1.165) is 6.20 Å². The molecule has 0 aromatic carbocycles. The van der Waals surface area contributed by atoms with Crippen molar-refractivity contribution in [3.05, 3.63) is 28.8 Å². The molecule has 3 nitrogen and oxygen atoms in total. The van der Waals surface area contributed by atoms with E-state index in [1.54, 1.807) is 0 Å². The molecule has 0 radical (unpaired) electrons. The fraction of sp³-hybridized carbons (Fsp3) is 0.200. The number of ether oxygens (including phenoxy) is 1. The van der Waals surface area contributed by atoms with Gasteiger partial charge in [0.05, 0.1) is 18.9 Å². The van der Waals surface area contributed by atoms with Gasteiger partial charge in [0.25, 0.3) is 0 Å². The van der Waals surface area contributed by atoms with Crippen LogP contribution >= 0.6 is 11.6 Å². The lowest BCUT2D eigenvalue weighted by molar-refractivity contribution is -0.139. The Kier molecular flexibility index (Phi) is 4.07. The van der Waals surface area contributed by atoms with Crippen LogP contribution in [0.5, 0.6) is 0 Å². The molecule has 0 saturated heterocycles. The fourth-order valence-corrected chi connectivity index (χ4v) is 0.951. The number of esters is 1. The van der Waals surface area contributed by atoms with Crippen LogP contribution in [-0.4, -0.2) is 18.1 Å². The van der Waals surface area contributed by atoms with Gasteiger partial charge in [-0.3, -0.25) is 4.79 Å². The molecule has 1 aromatic heterocycles. The van der Waals surface area contributed by atoms with Gasteiger partial charge in [-0.05, 0) is 6.07 Å². The minimum atomic E-state index is -0.572. The molecule has 0 aliphatic carbocycles. The number of carbonyl (C=O) groups is 1. The first-order valence-corrected chi connectivity index (χ1v) is 4.38. The molecule has 0 amide bonds. The third-order valence-electron chi connectivity index (χ3n) is 1.51. The van der Waals surface area contributed by atoms with Gasteiger partial charge < -0.3 is 4.74 Å². The zero-order chi connectivity index (χ0) is 11.3. The maximum Gasteiger partial charge on any atom is 0.317 e. The number of nitrogens with zero attached hydrogens (tertiary/aromatic N) is 1. The Morgan fingerprint density at radius 1 is 1.73 bits per heavy atom. The van der Waals surface area contributed by atoms with Crippen LogP contribution in [0.3, 0.4) is 0 Å². The van der Waals surface area contributed by atoms with Crippen LogP contribution in [0.25, 0.3) is 0 Å². The largest absolute Gasteiger partial charge is 0.468 e. The van der Waals surface area contributed by atoms with Gasteiger partial charge in [0.1, 0.15) is 11.6 Å². The summed E-state index contributed by atoms with van der Waals surface area (Å²) in [6.07, 6.45) is 0.889. The highest BCUT2D eigenvalue weighted by Crippen LogP contribution is 2.10. The quantitative estimate of drug-likeness (QED) is 0.417. The van der Waals surface area contributed by atoms with Crippen molar-refractivity contribution < 1.29 is 13.9 Å². The molecule has 0 spiro atoms. The lowest BCUT2D eigenvalue weighted by Crippen LogP contribution is -1.97. The van der Waals surface area contributed by atoms with E-state index >= 15 is 0 Å². The molecular formula is C10H7ClFNO2. The van der Waals surface area contributed by atoms with Crippen LogP contribution in [-0.2, 0) is 9.53 Å². The van der Waals surface area contributed by atoms with Gasteiger partial charge in [-0.1, -0.05) is 23.4 Å². The number of pyridine rings is 1. The summed E-state index contributed by atoms with van der Waals surface area (Å²) in [4.78, 5) is 14.2. The van der Waals surface area contributed by atoms with Gasteiger partial charge in [-0.15, -0.1) is 0 Å². The summed E-state index contributed by atoms with van der Waals surface area (Å²) >= 11 is 5.55. The Morgan fingerprint density at radius 3 is 3.13 bits per heavy atom. The average molecular weight is 228 g/mol. The van der Waals surface area contributed by atoms with E-state index in [9.17, 15) is 9.18 Å². The van der Waals surface area contributed by atoms with Gasteiger partial charge in [-0.2, -0.15) is 0 Å². The molecule has 1 rings (SSSR count). The lowest BCUT2D eigenvalue weighted by Gasteiger charge is -1.94. The molecule has 78 valence electrons. The van der Waals surface area contributed by atoms with E-state index in [2.05, 4.69) is 21.6 Å². The second kappa shape index (κ2) is 5.32. The van der Waals surface area contributed by atoms with Gasteiger partial charge in [0, 0.05) is 0 Å². The van der Waals surface area contributed by atoms with Crippen LogP contribution in [0.15, 0.2) is 12.3 Å². The number of hydrogen-bond donors (Lipinski definition) is 0. The summed E-state index contributed by atoms with van der Waals surface area (Å²) in [5.41, 5.74) is 0.110. The Balaban J connectivity index is 2.79. The normalized spacial score (nSPS) is 9.00. The van der Waals surface area contributed by atoms with Crippen LogP contribution in [0.4, 0.5) is 4.39 Å². The van der Waals surface area contributed by atoms with Crippen molar-refractivity contribution in [1.82, 2.24) is 4.98 Å². The van der Waals surface area contributed by atoms with Crippen LogP contribution < -0.4 is 0 Å². The van der Waals surface area contributed by atoms with E-state index in [4.69, 9.17) is 11.6 Å². The molecule has 0 aliphatic rings. The second-order valence-electron chi connectivity index (χ2n) is 2.54. The molecule has 0 fully saturated rings. The van der Waals surface area contributed by atoms with E-state index in [1.165, 1.54) is 13.2 Å². The summed E-state index contributed by atoms with van der Waals surface area (Å²) in [5.74, 6) is 3.90. The number of hydrogen-bond acceptors (Lipinski definition) is 3. The van der Waals surface area contributed by atoms with Gasteiger partial charge in [0.2, 0.25) is 0 Å². The summed E-state index contributed by atoms with van der Waals surface area (Å²) < 4.78 is 17.4. The molecule has 1 aromatic rings. The van der Waals surface area contributed by atoms with E-state index < -0.39 is 11.8 Å². The Hall–Kier alpha value is -1.60. The molecule has 0 bridgehead atoms. The first-order valence-electron chi connectivity index (χ1n) is 4.00. The zero-order valence-corrected chi connectivity index (χ0v) is 8.64.